The molecule has 224 valence electrons. The lowest BCUT2D eigenvalue weighted by Crippen LogP contribution is -2.22. The largest absolute Gasteiger partial charge is 0.433 e. The van der Waals surface area contributed by atoms with E-state index in [0.29, 0.717) is 5.56 Å². The highest BCUT2D eigenvalue weighted by Gasteiger charge is 2.28. The van der Waals surface area contributed by atoms with Gasteiger partial charge in [-0.2, -0.15) is 26.9 Å². The van der Waals surface area contributed by atoms with Crippen LogP contribution < -0.4 is 15.4 Å². The van der Waals surface area contributed by atoms with Gasteiger partial charge in [-0.1, -0.05) is 12.1 Å². The number of anilines is 2. The Balaban J connectivity index is 1.74. The number of sulfone groups is 2. The molecule has 0 atom stereocenters. The fourth-order valence-electron chi connectivity index (χ4n) is 3.78. The van der Waals surface area contributed by atoms with Crippen LogP contribution in [0.2, 0.25) is 0 Å². The van der Waals surface area contributed by atoms with Crippen molar-refractivity contribution >= 4 is 42.5 Å². The van der Waals surface area contributed by atoms with Crippen molar-refractivity contribution in [3.05, 3.63) is 60.2 Å². The molecular weight excluding hydrogens is 609 g/mol. The molecule has 4 aromatic rings. The van der Waals surface area contributed by atoms with Gasteiger partial charge in [-0.05, 0) is 48.0 Å². The SMILES string of the molecule is CS(=O)(=O)c1cccc(CNc2nc(NCC(F)(F)F)c3nc(-c4ccc(OC(F)F)c(S(C)(=O)=O)c4)ccc3n2)c1. The average molecular weight is 632 g/mol. The molecule has 0 bridgehead atoms. The highest BCUT2D eigenvalue weighted by atomic mass is 32.2. The molecule has 0 spiro atoms. The molecule has 17 heteroatoms. The average Bonchev–Trinajstić information content (AvgIpc) is 2.89. The molecule has 0 saturated heterocycles. The van der Waals surface area contributed by atoms with Crippen LogP contribution in [0.3, 0.4) is 0 Å². The van der Waals surface area contributed by atoms with Crippen LogP contribution in [0.15, 0.2) is 64.4 Å². The van der Waals surface area contributed by atoms with Crippen LogP contribution in [0.4, 0.5) is 33.7 Å². The molecule has 2 aromatic heterocycles. The van der Waals surface area contributed by atoms with Gasteiger partial charge in [0.1, 0.15) is 22.7 Å². The van der Waals surface area contributed by atoms with Crippen molar-refractivity contribution < 1.29 is 43.5 Å². The monoisotopic (exact) mass is 631 g/mol. The molecule has 4 rings (SSSR count). The lowest BCUT2D eigenvalue weighted by atomic mass is 10.1. The summed E-state index contributed by atoms with van der Waals surface area (Å²) in [7, 11) is -7.49. The van der Waals surface area contributed by atoms with Gasteiger partial charge in [0.15, 0.2) is 25.5 Å². The maximum Gasteiger partial charge on any atom is 0.405 e. The van der Waals surface area contributed by atoms with Gasteiger partial charge in [0.2, 0.25) is 5.95 Å². The molecule has 10 nitrogen and oxygen atoms in total. The Labute approximate surface area is 236 Å². The van der Waals surface area contributed by atoms with E-state index in [1.165, 1.54) is 36.4 Å². The summed E-state index contributed by atoms with van der Waals surface area (Å²) in [6, 6.07) is 12.2. The van der Waals surface area contributed by atoms with Crippen LogP contribution in [0.5, 0.6) is 5.75 Å². The molecule has 0 fully saturated rings. The van der Waals surface area contributed by atoms with E-state index in [9.17, 15) is 38.8 Å². The summed E-state index contributed by atoms with van der Waals surface area (Å²) in [5.74, 6) is -0.961. The van der Waals surface area contributed by atoms with Crippen LogP contribution in [-0.4, -0.2) is 63.6 Å². The van der Waals surface area contributed by atoms with E-state index in [-0.39, 0.29) is 45.5 Å². The number of nitrogens with one attached hydrogen (secondary N) is 2. The van der Waals surface area contributed by atoms with Gasteiger partial charge >= 0.3 is 12.8 Å². The first kappa shape index (κ1) is 30.8. The van der Waals surface area contributed by atoms with Gasteiger partial charge in [-0.15, -0.1) is 0 Å². The van der Waals surface area contributed by atoms with Crippen molar-refractivity contribution in [2.45, 2.75) is 29.1 Å². The number of benzene rings is 2. The second-order valence-corrected chi connectivity index (χ2v) is 13.0. The number of aromatic nitrogens is 3. The summed E-state index contributed by atoms with van der Waals surface area (Å²) < 4.78 is 117. The lowest BCUT2D eigenvalue weighted by Gasteiger charge is -2.14. The first-order valence-electron chi connectivity index (χ1n) is 11.8. The molecule has 0 aliphatic heterocycles. The molecule has 0 amide bonds. The van der Waals surface area contributed by atoms with Gasteiger partial charge < -0.3 is 15.4 Å². The van der Waals surface area contributed by atoms with Gasteiger partial charge in [0.05, 0.1) is 16.1 Å². The highest BCUT2D eigenvalue weighted by Crippen LogP contribution is 2.32. The number of alkyl halides is 5. The maximum absolute atomic E-state index is 13.1. The minimum atomic E-state index is -4.61. The number of ether oxygens (including phenoxy) is 1. The minimum Gasteiger partial charge on any atom is -0.433 e. The number of rotatable bonds is 10. The fraction of sp³-hybridized carbons (Fsp3) is 0.240. The summed E-state index contributed by atoms with van der Waals surface area (Å²) in [6.45, 7) is -4.69. The van der Waals surface area contributed by atoms with Gasteiger partial charge in [0, 0.05) is 24.6 Å². The third-order valence-electron chi connectivity index (χ3n) is 5.63. The van der Waals surface area contributed by atoms with E-state index in [2.05, 4.69) is 30.3 Å². The number of halogens is 5. The Kier molecular flexibility index (Phi) is 8.54. The molecule has 0 unspecified atom stereocenters. The molecule has 2 aromatic carbocycles. The summed E-state index contributed by atoms with van der Waals surface area (Å²) in [5.41, 5.74) is 0.810. The molecular formula is C25H22F5N5O5S2. The standard InChI is InChI=1S/C25H22F5N5O5S2/c1-41(36,37)16-5-3-4-14(10-16)12-31-24-34-18-8-7-17(33-21(18)22(35-24)32-13-25(28,29)30)15-6-9-19(40-23(26)27)20(11-15)42(2,38)39/h3-11,23H,12-13H2,1-2H3,(H2,31,32,34,35). The van der Waals surface area contributed by atoms with Crippen molar-refractivity contribution in [1.29, 1.82) is 0 Å². The topological polar surface area (TPSA) is 140 Å². The molecule has 0 aliphatic rings. The number of hydrogen-bond acceptors (Lipinski definition) is 10. The Morgan fingerprint density at radius 3 is 2.26 bits per heavy atom. The van der Waals surface area contributed by atoms with E-state index in [1.807, 2.05) is 0 Å². The zero-order valence-corrected chi connectivity index (χ0v) is 23.4. The Morgan fingerprint density at radius 2 is 1.62 bits per heavy atom. The first-order valence-corrected chi connectivity index (χ1v) is 15.6. The van der Waals surface area contributed by atoms with Crippen LogP contribution in [0.1, 0.15) is 5.56 Å². The third kappa shape index (κ3) is 7.79. The van der Waals surface area contributed by atoms with Gasteiger partial charge in [-0.3, -0.25) is 0 Å². The van der Waals surface area contributed by atoms with Crippen molar-refractivity contribution in [2.75, 3.05) is 29.7 Å². The molecule has 2 heterocycles. The Morgan fingerprint density at radius 1 is 0.881 bits per heavy atom. The zero-order valence-electron chi connectivity index (χ0n) is 21.8. The Hall–Kier alpha value is -4.12. The van der Waals surface area contributed by atoms with Crippen LogP contribution in [0, 0.1) is 0 Å². The number of hydrogen-bond donors (Lipinski definition) is 2. The molecule has 0 radical (unpaired) electrons. The van der Waals surface area contributed by atoms with E-state index in [4.69, 9.17) is 0 Å². The minimum absolute atomic E-state index is 0.0421. The van der Waals surface area contributed by atoms with Crippen molar-refractivity contribution in [1.82, 2.24) is 15.0 Å². The molecule has 0 saturated carbocycles. The van der Waals surface area contributed by atoms with E-state index in [1.54, 1.807) is 6.07 Å². The van der Waals surface area contributed by atoms with E-state index >= 15 is 0 Å². The predicted octanol–water partition coefficient (Wildman–Crippen LogP) is 4.69. The zero-order chi connectivity index (χ0) is 30.9. The number of nitrogens with zero attached hydrogens (tertiary/aromatic N) is 3. The third-order valence-corrected chi connectivity index (χ3v) is 7.86. The Bertz CT molecular complexity index is 1850. The van der Waals surface area contributed by atoms with Crippen LogP contribution in [-0.2, 0) is 26.2 Å². The van der Waals surface area contributed by atoms with E-state index < -0.39 is 49.7 Å². The second-order valence-electron chi connectivity index (χ2n) is 9.01. The predicted molar refractivity (Wildman–Crippen MR) is 144 cm³/mol. The lowest BCUT2D eigenvalue weighted by molar-refractivity contribution is -0.115. The van der Waals surface area contributed by atoms with Crippen molar-refractivity contribution in [3.63, 3.8) is 0 Å². The summed E-state index contributed by atoms with van der Waals surface area (Å²) in [5, 5.41) is 5.04. The normalized spacial score (nSPS) is 12.5. The van der Waals surface area contributed by atoms with Gasteiger partial charge in [0.25, 0.3) is 0 Å². The van der Waals surface area contributed by atoms with Crippen LogP contribution >= 0.6 is 0 Å². The smallest absolute Gasteiger partial charge is 0.405 e. The van der Waals surface area contributed by atoms with Crippen molar-refractivity contribution in [2.24, 2.45) is 0 Å². The second kappa shape index (κ2) is 11.6. The molecule has 42 heavy (non-hydrogen) atoms. The highest BCUT2D eigenvalue weighted by molar-refractivity contribution is 7.91. The number of pyridine rings is 1. The van der Waals surface area contributed by atoms with Crippen molar-refractivity contribution in [3.8, 4) is 17.0 Å². The number of fused-ring (bicyclic) bond motifs is 1. The van der Waals surface area contributed by atoms with E-state index in [0.717, 1.165) is 24.6 Å². The van der Waals surface area contributed by atoms with Crippen LogP contribution in [0.25, 0.3) is 22.3 Å². The summed E-state index contributed by atoms with van der Waals surface area (Å²) in [6.07, 6.45) is -2.75. The molecule has 2 N–H and O–H groups in total. The first-order chi connectivity index (χ1) is 19.5. The van der Waals surface area contributed by atoms with Gasteiger partial charge in [-0.25, -0.2) is 26.8 Å². The molecule has 0 aliphatic carbocycles. The fourth-order valence-corrected chi connectivity index (χ4v) is 5.29. The quantitative estimate of drug-likeness (QED) is 0.237. The summed E-state index contributed by atoms with van der Waals surface area (Å²) >= 11 is 0. The maximum atomic E-state index is 13.1. The summed E-state index contributed by atoms with van der Waals surface area (Å²) in [4.78, 5) is 12.3.